The standard InChI is InChI=1S/C31H38F2N2O3/c32-26-10-9-24(20-27(26)33)31(21-35(17-18-38-31)29(37)22-5-1-2-6-22)13-16-34-14-11-30(12-15-34)25-8-4-3-7-23(25)19-28(30)36/h3-4,7-10,20,22,28,36H,1-2,5-6,11-19,21H2/t28?,31-/m0/s1. The first kappa shape index (κ1) is 25.9. The number of hydrogen-bond donors (Lipinski definition) is 1. The van der Waals surface area contributed by atoms with Gasteiger partial charge in [0, 0.05) is 24.4 Å². The fraction of sp³-hybridized carbons (Fsp3) is 0.581. The molecule has 7 heteroatoms. The molecule has 0 radical (unpaired) electrons. The summed E-state index contributed by atoms with van der Waals surface area (Å²) in [5.41, 5.74) is 2.08. The van der Waals surface area contributed by atoms with Gasteiger partial charge in [-0.15, -0.1) is 0 Å². The molecule has 2 aliphatic carbocycles. The van der Waals surface area contributed by atoms with E-state index in [1.807, 2.05) is 11.0 Å². The van der Waals surface area contributed by atoms with Crippen LogP contribution >= 0.6 is 0 Å². The number of ether oxygens (including phenoxy) is 1. The van der Waals surface area contributed by atoms with Crippen LogP contribution in [0.2, 0.25) is 0 Å². The van der Waals surface area contributed by atoms with Crippen molar-refractivity contribution in [2.45, 2.75) is 68.5 Å². The number of rotatable bonds is 5. The van der Waals surface area contributed by atoms with Crippen LogP contribution in [0.3, 0.4) is 0 Å². The number of carbonyl (C=O) groups is 1. The first-order chi connectivity index (χ1) is 18.4. The van der Waals surface area contributed by atoms with Gasteiger partial charge >= 0.3 is 0 Å². The van der Waals surface area contributed by atoms with Gasteiger partial charge in [-0.3, -0.25) is 4.79 Å². The number of nitrogens with zero attached hydrogens (tertiary/aromatic N) is 2. The molecule has 2 atom stereocenters. The highest BCUT2D eigenvalue weighted by molar-refractivity contribution is 5.79. The van der Waals surface area contributed by atoms with E-state index in [-0.39, 0.29) is 23.3 Å². The largest absolute Gasteiger partial charge is 0.392 e. The predicted molar refractivity (Wildman–Crippen MR) is 141 cm³/mol. The number of fused-ring (bicyclic) bond motifs is 2. The predicted octanol–water partition coefficient (Wildman–Crippen LogP) is 4.55. The topological polar surface area (TPSA) is 53.0 Å². The summed E-state index contributed by atoms with van der Waals surface area (Å²) in [5.74, 6) is -1.53. The number of morpholine rings is 1. The molecule has 1 saturated carbocycles. The smallest absolute Gasteiger partial charge is 0.225 e. The van der Waals surface area contributed by atoms with E-state index in [4.69, 9.17) is 4.74 Å². The molecule has 2 saturated heterocycles. The van der Waals surface area contributed by atoms with Gasteiger partial charge in [-0.05, 0) is 80.4 Å². The third kappa shape index (κ3) is 4.56. The normalized spacial score (nSPS) is 27.7. The molecule has 2 aliphatic heterocycles. The van der Waals surface area contributed by atoms with Crippen molar-refractivity contribution in [3.63, 3.8) is 0 Å². The van der Waals surface area contributed by atoms with Crippen molar-refractivity contribution in [1.29, 1.82) is 0 Å². The molecular weight excluding hydrogens is 486 g/mol. The lowest BCUT2D eigenvalue weighted by Crippen LogP contribution is -2.54. The molecule has 3 fully saturated rings. The minimum atomic E-state index is -0.890. The number of carbonyl (C=O) groups excluding carboxylic acids is 1. The molecule has 2 aromatic rings. The Kier molecular flexibility index (Phi) is 7.04. The summed E-state index contributed by atoms with van der Waals surface area (Å²) in [6.07, 6.45) is 6.75. The minimum Gasteiger partial charge on any atom is -0.392 e. The van der Waals surface area contributed by atoms with Crippen molar-refractivity contribution in [2.75, 3.05) is 39.3 Å². The van der Waals surface area contributed by atoms with Crippen LogP contribution in [0, 0.1) is 17.6 Å². The van der Waals surface area contributed by atoms with Crippen molar-refractivity contribution in [3.8, 4) is 0 Å². The highest BCUT2D eigenvalue weighted by atomic mass is 19.2. The second-order valence-electron chi connectivity index (χ2n) is 11.8. The number of benzene rings is 2. The van der Waals surface area contributed by atoms with E-state index in [0.717, 1.165) is 64.2 Å². The van der Waals surface area contributed by atoms with Gasteiger partial charge in [0.25, 0.3) is 0 Å². The Morgan fingerprint density at radius 2 is 1.79 bits per heavy atom. The second-order valence-corrected chi connectivity index (χ2v) is 11.8. The Balaban J connectivity index is 1.19. The average Bonchev–Trinajstić information content (AvgIpc) is 3.57. The molecule has 1 spiro atoms. The summed E-state index contributed by atoms with van der Waals surface area (Å²) in [6, 6.07) is 12.4. The van der Waals surface area contributed by atoms with Crippen LogP contribution in [-0.2, 0) is 27.0 Å². The summed E-state index contributed by atoms with van der Waals surface area (Å²) in [4.78, 5) is 17.6. The number of hydrogen-bond acceptors (Lipinski definition) is 4. The lowest BCUT2D eigenvalue weighted by Gasteiger charge is -2.46. The van der Waals surface area contributed by atoms with Gasteiger partial charge in [-0.2, -0.15) is 0 Å². The van der Waals surface area contributed by atoms with Gasteiger partial charge in [-0.1, -0.05) is 43.2 Å². The Hall–Kier alpha value is -2.35. The fourth-order valence-corrected chi connectivity index (χ4v) is 7.54. The zero-order valence-corrected chi connectivity index (χ0v) is 22.0. The molecule has 2 aromatic carbocycles. The van der Waals surface area contributed by atoms with Crippen LogP contribution in [0.25, 0.3) is 0 Å². The minimum absolute atomic E-state index is 0.0646. The van der Waals surface area contributed by atoms with E-state index in [9.17, 15) is 18.7 Å². The Bertz CT molecular complexity index is 1180. The first-order valence-electron chi connectivity index (χ1n) is 14.3. The lowest BCUT2D eigenvalue weighted by atomic mass is 9.72. The molecule has 1 unspecified atom stereocenters. The molecule has 1 N–H and O–H groups in total. The maximum atomic E-state index is 14.4. The van der Waals surface area contributed by atoms with E-state index in [1.165, 1.54) is 17.2 Å². The first-order valence-corrected chi connectivity index (χ1v) is 14.3. The van der Waals surface area contributed by atoms with Crippen molar-refractivity contribution in [2.24, 2.45) is 5.92 Å². The average molecular weight is 525 g/mol. The monoisotopic (exact) mass is 524 g/mol. The fourth-order valence-electron chi connectivity index (χ4n) is 7.54. The molecule has 6 rings (SSSR count). The van der Waals surface area contributed by atoms with Crippen molar-refractivity contribution >= 4 is 5.91 Å². The quantitative estimate of drug-likeness (QED) is 0.624. The second kappa shape index (κ2) is 10.3. The number of aliphatic hydroxyl groups is 1. The van der Waals surface area contributed by atoms with Gasteiger partial charge in [-0.25, -0.2) is 8.78 Å². The van der Waals surface area contributed by atoms with Crippen LogP contribution in [0.4, 0.5) is 8.78 Å². The van der Waals surface area contributed by atoms with Crippen molar-refractivity contribution in [1.82, 2.24) is 9.80 Å². The Morgan fingerprint density at radius 3 is 2.55 bits per heavy atom. The molecule has 0 bridgehead atoms. The lowest BCUT2D eigenvalue weighted by molar-refractivity contribution is -0.158. The van der Waals surface area contributed by atoms with Crippen LogP contribution in [-0.4, -0.2) is 66.2 Å². The molecule has 0 aromatic heterocycles. The van der Waals surface area contributed by atoms with Crippen LogP contribution in [0.15, 0.2) is 42.5 Å². The highest BCUT2D eigenvalue weighted by Gasteiger charge is 2.48. The molecule has 5 nitrogen and oxygen atoms in total. The zero-order valence-electron chi connectivity index (χ0n) is 22.0. The molecule has 1 amide bonds. The number of halogens is 2. The Labute approximate surface area is 223 Å². The molecular formula is C31H38F2N2O3. The third-order valence-corrected chi connectivity index (χ3v) is 9.83. The summed E-state index contributed by atoms with van der Waals surface area (Å²) in [7, 11) is 0. The number of piperidine rings is 1. The summed E-state index contributed by atoms with van der Waals surface area (Å²) in [6.45, 7) is 3.69. The van der Waals surface area contributed by atoms with Gasteiger partial charge < -0.3 is 19.6 Å². The van der Waals surface area contributed by atoms with Crippen LogP contribution in [0.1, 0.15) is 61.6 Å². The third-order valence-electron chi connectivity index (χ3n) is 9.83. The van der Waals surface area contributed by atoms with E-state index in [2.05, 4.69) is 23.1 Å². The number of amides is 1. The summed E-state index contributed by atoms with van der Waals surface area (Å²) in [5, 5.41) is 11.0. The van der Waals surface area contributed by atoms with E-state index >= 15 is 0 Å². The highest BCUT2D eigenvalue weighted by Crippen LogP contribution is 2.46. The SMILES string of the molecule is O=C(C1CCCC1)N1CCO[C@](CCN2CCC3(CC2)c2ccccc2CC3O)(c2ccc(F)c(F)c2)C1. The Morgan fingerprint density at radius 1 is 1.03 bits per heavy atom. The van der Waals surface area contributed by atoms with E-state index in [1.54, 1.807) is 6.07 Å². The van der Waals surface area contributed by atoms with Crippen molar-refractivity contribution in [3.05, 3.63) is 70.8 Å². The van der Waals surface area contributed by atoms with Gasteiger partial charge in [0.2, 0.25) is 5.91 Å². The summed E-state index contributed by atoms with van der Waals surface area (Å²) < 4.78 is 34.6. The molecule has 38 heavy (non-hydrogen) atoms. The molecule has 204 valence electrons. The van der Waals surface area contributed by atoms with Gasteiger partial charge in [0.05, 0.1) is 19.3 Å². The number of aliphatic hydroxyl groups excluding tert-OH is 1. The maximum Gasteiger partial charge on any atom is 0.225 e. The summed E-state index contributed by atoms with van der Waals surface area (Å²) >= 11 is 0. The molecule has 4 aliphatic rings. The van der Waals surface area contributed by atoms with Crippen LogP contribution in [0.5, 0.6) is 0 Å². The zero-order chi connectivity index (χ0) is 26.3. The van der Waals surface area contributed by atoms with Gasteiger partial charge in [0.15, 0.2) is 11.6 Å². The van der Waals surface area contributed by atoms with Crippen molar-refractivity contribution < 1.29 is 23.4 Å². The maximum absolute atomic E-state index is 14.4. The van der Waals surface area contributed by atoms with E-state index < -0.39 is 17.2 Å². The molecule has 2 heterocycles. The van der Waals surface area contributed by atoms with E-state index in [0.29, 0.717) is 38.1 Å². The number of likely N-dealkylation sites (tertiary alicyclic amines) is 1. The van der Waals surface area contributed by atoms with Gasteiger partial charge in [0.1, 0.15) is 5.60 Å². The van der Waals surface area contributed by atoms with Crippen LogP contribution < -0.4 is 0 Å².